The maximum absolute atomic E-state index is 11.2. The Morgan fingerprint density at radius 3 is 2.71 bits per heavy atom. The van der Waals surface area contributed by atoms with E-state index in [0.717, 1.165) is 18.6 Å². The van der Waals surface area contributed by atoms with Crippen molar-refractivity contribution in [1.82, 2.24) is 10.2 Å². The molecule has 92 valence electrons. The van der Waals surface area contributed by atoms with Gasteiger partial charge in [0.25, 0.3) is 5.56 Å². The molecule has 0 atom stereocenters. The van der Waals surface area contributed by atoms with Crippen molar-refractivity contribution in [3.05, 3.63) is 21.6 Å². The molecule has 1 aliphatic carbocycles. The first kappa shape index (κ1) is 12.1. The summed E-state index contributed by atoms with van der Waals surface area (Å²) in [5, 5.41) is 10.3. The van der Waals surface area contributed by atoms with Gasteiger partial charge in [0.2, 0.25) is 0 Å². The molecule has 1 aromatic heterocycles. The molecule has 1 saturated carbocycles. The van der Waals surface area contributed by atoms with Gasteiger partial charge in [0, 0.05) is 5.71 Å². The molecule has 2 N–H and O–H groups in total. The van der Waals surface area contributed by atoms with Crippen LogP contribution in [-0.4, -0.2) is 15.9 Å². The van der Waals surface area contributed by atoms with Gasteiger partial charge >= 0.3 is 0 Å². The lowest BCUT2D eigenvalue weighted by atomic mass is 10.2. The minimum atomic E-state index is -0.405. The molecule has 2 rings (SSSR count). The van der Waals surface area contributed by atoms with Gasteiger partial charge in [-0.25, -0.2) is 5.10 Å². The summed E-state index contributed by atoms with van der Waals surface area (Å²) in [6, 6.07) is 0. The van der Waals surface area contributed by atoms with E-state index in [2.05, 4.69) is 20.7 Å². The van der Waals surface area contributed by atoms with Gasteiger partial charge < -0.3 is 0 Å². The van der Waals surface area contributed by atoms with Crippen molar-refractivity contribution in [1.29, 1.82) is 0 Å². The van der Waals surface area contributed by atoms with Crippen molar-refractivity contribution in [2.24, 2.45) is 5.10 Å². The minimum Gasteiger partial charge on any atom is -0.275 e. The highest BCUT2D eigenvalue weighted by molar-refractivity contribution is 6.32. The van der Waals surface area contributed by atoms with E-state index >= 15 is 0 Å². The second-order valence-electron chi connectivity index (χ2n) is 4.13. The van der Waals surface area contributed by atoms with Gasteiger partial charge in [-0.3, -0.25) is 10.2 Å². The third-order valence-electron chi connectivity index (χ3n) is 2.81. The average molecular weight is 255 g/mol. The summed E-state index contributed by atoms with van der Waals surface area (Å²) in [6.45, 7) is 0. The number of hydrogen-bond donors (Lipinski definition) is 2. The van der Waals surface area contributed by atoms with E-state index < -0.39 is 5.56 Å². The quantitative estimate of drug-likeness (QED) is 0.629. The number of nitrogens with zero attached hydrogens (tertiary/aromatic N) is 2. The summed E-state index contributed by atoms with van der Waals surface area (Å²) in [5.41, 5.74) is 4.01. The molecule has 0 saturated heterocycles. The molecule has 1 fully saturated rings. The van der Waals surface area contributed by atoms with Gasteiger partial charge in [0.05, 0.1) is 6.20 Å². The van der Waals surface area contributed by atoms with Crippen LogP contribution in [0.15, 0.2) is 16.1 Å². The predicted octanol–water partition coefficient (Wildman–Crippen LogP) is 2.55. The largest absolute Gasteiger partial charge is 0.285 e. The van der Waals surface area contributed by atoms with Gasteiger partial charge in [-0.15, -0.1) is 0 Å². The molecule has 1 heterocycles. The number of hydrogen-bond acceptors (Lipinski definition) is 4. The SMILES string of the molecule is O=c1[nH]ncc(NN=C2CCCCCC2)c1Cl. The van der Waals surface area contributed by atoms with Gasteiger partial charge in [0.15, 0.2) is 0 Å². The zero-order valence-electron chi connectivity index (χ0n) is 9.50. The Morgan fingerprint density at radius 1 is 1.29 bits per heavy atom. The standard InChI is InChI=1S/C11H15ClN4O/c12-10-9(7-13-16-11(10)17)15-14-8-5-3-1-2-4-6-8/h7H,1-6H2,(H2,15,16,17). The summed E-state index contributed by atoms with van der Waals surface area (Å²) < 4.78 is 0. The molecule has 0 amide bonds. The number of rotatable bonds is 2. The van der Waals surface area contributed by atoms with Crippen LogP contribution >= 0.6 is 11.6 Å². The summed E-state index contributed by atoms with van der Waals surface area (Å²) in [7, 11) is 0. The molecule has 0 bridgehead atoms. The van der Waals surface area contributed by atoms with Crippen molar-refractivity contribution in [2.75, 3.05) is 5.43 Å². The third-order valence-corrected chi connectivity index (χ3v) is 3.19. The van der Waals surface area contributed by atoms with Crippen LogP contribution in [0, 0.1) is 0 Å². The number of hydrazone groups is 1. The Kier molecular flexibility index (Phi) is 4.14. The van der Waals surface area contributed by atoms with Crippen molar-refractivity contribution < 1.29 is 0 Å². The second-order valence-corrected chi connectivity index (χ2v) is 4.51. The summed E-state index contributed by atoms with van der Waals surface area (Å²) in [6.07, 6.45) is 8.40. The van der Waals surface area contributed by atoms with E-state index in [1.165, 1.54) is 31.9 Å². The molecule has 5 nitrogen and oxygen atoms in total. The zero-order chi connectivity index (χ0) is 12.1. The molecule has 0 spiro atoms. The highest BCUT2D eigenvalue weighted by Gasteiger charge is 2.07. The van der Waals surface area contributed by atoms with Crippen LogP contribution in [0.5, 0.6) is 0 Å². The Hall–Kier alpha value is -1.36. The number of aromatic nitrogens is 2. The normalized spacial score (nSPS) is 16.4. The zero-order valence-corrected chi connectivity index (χ0v) is 10.3. The summed E-state index contributed by atoms with van der Waals surface area (Å²) in [5.74, 6) is 0. The number of nitrogens with one attached hydrogen (secondary N) is 2. The lowest BCUT2D eigenvalue weighted by molar-refractivity contribution is 0.702. The predicted molar refractivity (Wildman–Crippen MR) is 68.6 cm³/mol. The maximum atomic E-state index is 11.2. The fourth-order valence-electron chi connectivity index (χ4n) is 1.85. The number of halogens is 1. The Labute approximate surface area is 104 Å². The summed E-state index contributed by atoms with van der Waals surface area (Å²) in [4.78, 5) is 11.2. The molecular formula is C11H15ClN4O. The second kappa shape index (κ2) is 5.82. The van der Waals surface area contributed by atoms with Gasteiger partial charge in [0.1, 0.15) is 10.7 Å². The Bertz CT molecular complexity index is 459. The minimum absolute atomic E-state index is 0.0953. The smallest absolute Gasteiger partial charge is 0.275 e. The monoisotopic (exact) mass is 254 g/mol. The summed E-state index contributed by atoms with van der Waals surface area (Å²) >= 11 is 5.83. The van der Waals surface area contributed by atoms with E-state index in [4.69, 9.17) is 11.6 Å². The van der Waals surface area contributed by atoms with Crippen molar-refractivity contribution in [2.45, 2.75) is 38.5 Å². The fraction of sp³-hybridized carbons (Fsp3) is 0.545. The van der Waals surface area contributed by atoms with Crippen LogP contribution in [0.3, 0.4) is 0 Å². The molecule has 0 radical (unpaired) electrons. The maximum Gasteiger partial charge on any atom is 0.285 e. The lowest BCUT2D eigenvalue weighted by Crippen LogP contribution is -2.11. The first-order chi connectivity index (χ1) is 8.27. The topological polar surface area (TPSA) is 70.1 Å². The Balaban J connectivity index is 2.07. The fourth-order valence-corrected chi connectivity index (χ4v) is 1.98. The molecule has 17 heavy (non-hydrogen) atoms. The van der Waals surface area contributed by atoms with Crippen molar-refractivity contribution >= 4 is 23.0 Å². The van der Waals surface area contributed by atoms with E-state index in [1.54, 1.807) is 0 Å². The number of H-pyrrole nitrogens is 1. The van der Waals surface area contributed by atoms with Crippen LogP contribution in [0.2, 0.25) is 5.02 Å². The van der Waals surface area contributed by atoms with Crippen LogP contribution in [0.25, 0.3) is 0 Å². The van der Waals surface area contributed by atoms with Crippen LogP contribution in [0.4, 0.5) is 5.69 Å². The Morgan fingerprint density at radius 2 is 2.00 bits per heavy atom. The van der Waals surface area contributed by atoms with E-state index in [-0.39, 0.29) is 5.02 Å². The molecular weight excluding hydrogens is 240 g/mol. The van der Waals surface area contributed by atoms with Crippen LogP contribution in [0.1, 0.15) is 38.5 Å². The van der Waals surface area contributed by atoms with Crippen LogP contribution in [-0.2, 0) is 0 Å². The number of aromatic amines is 1. The molecule has 6 heteroatoms. The van der Waals surface area contributed by atoms with Crippen LogP contribution < -0.4 is 11.0 Å². The highest BCUT2D eigenvalue weighted by Crippen LogP contribution is 2.17. The highest BCUT2D eigenvalue weighted by atomic mass is 35.5. The molecule has 0 unspecified atom stereocenters. The van der Waals surface area contributed by atoms with E-state index in [1.807, 2.05) is 0 Å². The average Bonchev–Trinajstić information content (AvgIpc) is 2.59. The molecule has 1 aliphatic rings. The first-order valence-corrected chi connectivity index (χ1v) is 6.20. The molecule has 0 aromatic carbocycles. The van der Waals surface area contributed by atoms with E-state index in [0.29, 0.717) is 5.69 Å². The third kappa shape index (κ3) is 3.30. The van der Waals surface area contributed by atoms with Gasteiger partial charge in [-0.1, -0.05) is 24.4 Å². The molecule has 1 aromatic rings. The first-order valence-electron chi connectivity index (χ1n) is 5.82. The van der Waals surface area contributed by atoms with Gasteiger partial charge in [-0.2, -0.15) is 10.2 Å². The van der Waals surface area contributed by atoms with Crippen molar-refractivity contribution in [3.8, 4) is 0 Å². The molecule has 0 aliphatic heterocycles. The number of anilines is 1. The van der Waals surface area contributed by atoms with Gasteiger partial charge in [-0.05, 0) is 25.7 Å². The van der Waals surface area contributed by atoms with E-state index in [9.17, 15) is 4.79 Å². The van der Waals surface area contributed by atoms with Crippen molar-refractivity contribution in [3.63, 3.8) is 0 Å². The lowest BCUT2D eigenvalue weighted by Gasteiger charge is -2.04.